The van der Waals surface area contributed by atoms with E-state index in [9.17, 15) is 15.0 Å². The van der Waals surface area contributed by atoms with E-state index in [1.54, 1.807) is 6.07 Å². The standard InChI is InChI=1S/C25H23N5O3S/c1-16-3-8-19(9-4-16)24-28-29-25(30(24)20-10-5-17(2)6-11-20)34-15-23(33)27-26-14-18-7-12-21(31)22(32)13-18/h3-14,31-32H,15H2,1-2H3,(H,27,33)/b26-14+. The van der Waals surface area contributed by atoms with Gasteiger partial charge < -0.3 is 10.2 Å². The van der Waals surface area contributed by atoms with Crippen LogP contribution in [0.4, 0.5) is 0 Å². The highest BCUT2D eigenvalue weighted by molar-refractivity contribution is 7.99. The summed E-state index contributed by atoms with van der Waals surface area (Å²) in [5.41, 5.74) is 7.11. The Morgan fingerprint density at radius 1 is 0.971 bits per heavy atom. The van der Waals surface area contributed by atoms with Crippen molar-refractivity contribution >= 4 is 23.9 Å². The zero-order chi connectivity index (χ0) is 24.1. The molecule has 0 aliphatic rings. The first kappa shape index (κ1) is 23.1. The fraction of sp³-hybridized carbons (Fsp3) is 0.120. The molecule has 0 unspecified atom stereocenters. The zero-order valence-corrected chi connectivity index (χ0v) is 19.5. The van der Waals surface area contributed by atoms with Crippen LogP contribution in [0.2, 0.25) is 0 Å². The van der Waals surface area contributed by atoms with E-state index in [0.29, 0.717) is 16.5 Å². The van der Waals surface area contributed by atoms with E-state index in [1.165, 1.54) is 30.1 Å². The Morgan fingerprint density at radius 3 is 2.32 bits per heavy atom. The highest BCUT2D eigenvalue weighted by Crippen LogP contribution is 2.28. The summed E-state index contributed by atoms with van der Waals surface area (Å²) >= 11 is 1.25. The molecule has 172 valence electrons. The third kappa shape index (κ3) is 5.44. The van der Waals surface area contributed by atoms with Crippen LogP contribution in [0.25, 0.3) is 17.1 Å². The maximum atomic E-state index is 12.3. The summed E-state index contributed by atoms with van der Waals surface area (Å²) in [5.74, 6) is -0.0294. The highest BCUT2D eigenvalue weighted by atomic mass is 32.2. The van der Waals surface area contributed by atoms with Crippen molar-refractivity contribution in [2.45, 2.75) is 19.0 Å². The summed E-state index contributed by atoms with van der Waals surface area (Å²) in [6.45, 7) is 4.05. The van der Waals surface area contributed by atoms with E-state index in [2.05, 4.69) is 20.7 Å². The normalized spacial score (nSPS) is 11.1. The molecular weight excluding hydrogens is 450 g/mol. The molecule has 1 heterocycles. The molecule has 0 aliphatic heterocycles. The van der Waals surface area contributed by atoms with Crippen molar-refractivity contribution < 1.29 is 15.0 Å². The molecule has 0 aliphatic carbocycles. The van der Waals surface area contributed by atoms with Crippen LogP contribution in [-0.4, -0.2) is 42.9 Å². The molecule has 3 aromatic carbocycles. The van der Waals surface area contributed by atoms with E-state index in [1.807, 2.05) is 66.9 Å². The Labute approximate surface area is 201 Å². The molecule has 0 radical (unpaired) electrons. The number of aromatic hydroxyl groups is 2. The van der Waals surface area contributed by atoms with Crippen molar-refractivity contribution in [2.24, 2.45) is 5.10 Å². The quantitative estimate of drug-likeness (QED) is 0.160. The van der Waals surface area contributed by atoms with Gasteiger partial charge in [-0.15, -0.1) is 10.2 Å². The van der Waals surface area contributed by atoms with Gasteiger partial charge in [-0.2, -0.15) is 5.10 Å². The summed E-state index contributed by atoms with van der Waals surface area (Å²) in [5, 5.41) is 32.1. The van der Waals surface area contributed by atoms with Gasteiger partial charge in [0.25, 0.3) is 5.91 Å². The van der Waals surface area contributed by atoms with Gasteiger partial charge in [-0.3, -0.25) is 9.36 Å². The van der Waals surface area contributed by atoms with Gasteiger partial charge in [0.1, 0.15) is 0 Å². The fourth-order valence-corrected chi connectivity index (χ4v) is 3.89. The molecule has 34 heavy (non-hydrogen) atoms. The number of phenols is 2. The average Bonchev–Trinajstić information content (AvgIpc) is 3.25. The molecule has 0 spiro atoms. The lowest BCUT2D eigenvalue weighted by atomic mass is 10.1. The Morgan fingerprint density at radius 2 is 1.65 bits per heavy atom. The minimum absolute atomic E-state index is 0.0794. The van der Waals surface area contributed by atoms with Crippen molar-refractivity contribution in [3.63, 3.8) is 0 Å². The second-order valence-corrected chi connectivity index (χ2v) is 8.62. The molecule has 1 aromatic heterocycles. The maximum Gasteiger partial charge on any atom is 0.250 e. The number of hydrogen-bond donors (Lipinski definition) is 3. The van der Waals surface area contributed by atoms with Crippen LogP contribution < -0.4 is 5.43 Å². The topological polar surface area (TPSA) is 113 Å². The molecule has 8 nitrogen and oxygen atoms in total. The molecule has 0 fully saturated rings. The summed E-state index contributed by atoms with van der Waals surface area (Å²) in [7, 11) is 0. The number of carbonyl (C=O) groups is 1. The number of aryl methyl sites for hydroxylation is 2. The Hall–Kier alpha value is -4.11. The molecular formula is C25H23N5O3S. The van der Waals surface area contributed by atoms with E-state index >= 15 is 0 Å². The van der Waals surface area contributed by atoms with Gasteiger partial charge in [-0.25, -0.2) is 5.43 Å². The Kier molecular flexibility index (Phi) is 6.93. The van der Waals surface area contributed by atoms with Gasteiger partial charge in [0.05, 0.1) is 12.0 Å². The van der Waals surface area contributed by atoms with Crippen molar-refractivity contribution in [3.05, 3.63) is 83.4 Å². The lowest BCUT2D eigenvalue weighted by Crippen LogP contribution is -2.20. The molecule has 0 atom stereocenters. The Bertz CT molecular complexity index is 1330. The summed E-state index contributed by atoms with van der Waals surface area (Å²) < 4.78 is 1.94. The van der Waals surface area contributed by atoms with E-state index in [-0.39, 0.29) is 23.2 Å². The SMILES string of the molecule is Cc1ccc(-c2nnc(SCC(=O)N/N=C/c3ccc(O)c(O)c3)n2-c2ccc(C)cc2)cc1. The fourth-order valence-electron chi connectivity index (χ4n) is 3.14. The number of thioether (sulfide) groups is 1. The van der Waals surface area contributed by atoms with Crippen LogP contribution in [0, 0.1) is 13.8 Å². The average molecular weight is 474 g/mol. The molecule has 3 N–H and O–H groups in total. The molecule has 0 saturated heterocycles. The van der Waals surface area contributed by atoms with E-state index < -0.39 is 0 Å². The lowest BCUT2D eigenvalue weighted by molar-refractivity contribution is -0.118. The number of phenolic OH excluding ortho intramolecular Hbond substituents is 2. The zero-order valence-electron chi connectivity index (χ0n) is 18.6. The predicted octanol–water partition coefficient (Wildman–Crippen LogP) is 4.20. The van der Waals surface area contributed by atoms with E-state index in [4.69, 9.17) is 0 Å². The maximum absolute atomic E-state index is 12.3. The predicted molar refractivity (Wildman–Crippen MR) is 133 cm³/mol. The highest BCUT2D eigenvalue weighted by Gasteiger charge is 2.17. The number of nitrogens with one attached hydrogen (secondary N) is 1. The van der Waals surface area contributed by atoms with Crippen molar-refractivity contribution in [1.82, 2.24) is 20.2 Å². The van der Waals surface area contributed by atoms with Gasteiger partial charge in [0, 0.05) is 11.3 Å². The van der Waals surface area contributed by atoms with Gasteiger partial charge in [-0.05, 0) is 49.7 Å². The Balaban J connectivity index is 1.50. The first-order chi connectivity index (χ1) is 16.4. The first-order valence-corrected chi connectivity index (χ1v) is 11.5. The lowest BCUT2D eigenvalue weighted by Gasteiger charge is -2.11. The van der Waals surface area contributed by atoms with Crippen molar-refractivity contribution in [3.8, 4) is 28.6 Å². The van der Waals surface area contributed by atoms with Crippen LogP contribution in [0.15, 0.2) is 77.0 Å². The van der Waals surface area contributed by atoms with Crippen LogP contribution >= 0.6 is 11.8 Å². The van der Waals surface area contributed by atoms with Gasteiger partial charge in [0.15, 0.2) is 22.5 Å². The first-order valence-electron chi connectivity index (χ1n) is 10.5. The number of rotatable bonds is 7. The third-order valence-corrected chi connectivity index (χ3v) is 5.90. The minimum Gasteiger partial charge on any atom is -0.504 e. The molecule has 4 aromatic rings. The van der Waals surface area contributed by atoms with Gasteiger partial charge >= 0.3 is 0 Å². The van der Waals surface area contributed by atoms with Crippen molar-refractivity contribution in [2.75, 3.05) is 5.75 Å². The second kappa shape index (κ2) is 10.2. The van der Waals surface area contributed by atoms with Crippen molar-refractivity contribution in [1.29, 1.82) is 0 Å². The number of benzene rings is 3. The van der Waals surface area contributed by atoms with Gasteiger partial charge in [0.2, 0.25) is 0 Å². The molecule has 4 rings (SSSR count). The van der Waals surface area contributed by atoms with Crippen LogP contribution in [0.1, 0.15) is 16.7 Å². The van der Waals surface area contributed by atoms with Crippen LogP contribution in [-0.2, 0) is 4.79 Å². The summed E-state index contributed by atoms with van der Waals surface area (Å²) in [6.07, 6.45) is 1.38. The number of aromatic nitrogens is 3. The molecule has 0 bridgehead atoms. The molecule has 9 heteroatoms. The van der Waals surface area contributed by atoms with E-state index in [0.717, 1.165) is 22.4 Å². The number of hydrazone groups is 1. The second-order valence-electron chi connectivity index (χ2n) is 7.67. The summed E-state index contributed by atoms with van der Waals surface area (Å²) in [4.78, 5) is 12.3. The van der Waals surface area contributed by atoms with Crippen LogP contribution in [0.3, 0.4) is 0 Å². The number of hydrogen-bond acceptors (Lipinski definition) is 7. The van der Waals surface area contributed by atoms with Gasteiger partial charge in [-0.1, -0.05) is 59.3 Å². The monoisotopic (exact) mass is 473 g/mol. The number of amides is 1. The smallest absolute Gasteiger partial charge is 0.250 e. The third-order valence-electron chi connectivity index (χ3n) is 4.97. The minimum atomic E-state index is -0.320. The molecule has 1 amide bonds. The largest absolute Gasteiger partial charge is 0.504 e. The summed E-state index contributed by atoms with van der Waals surface area (Å²) in [6, 6.07) is 20.3. The molecule has 0 saturated carbocycles. The number of carbonyl (C=O) groups excluding carboxylic acids is 1. The van der Waals surface area contributed by atoms with Crippen LogP contribution in [0.5, 0.6) is 11.5 Å². The number of nitrogens with zero attached hydrogens (tertiary/aromatic N) is 4.